The van der Waals surface area contributed by atoms with Gasteiger partial charge in [-0.3, -0.25) is 4.90 Å². The number of aliphatic hydroxyl groups is 1. The molecule has 3 rings (SSSR count). The van der Waals surface area contributed by atoms with Crippen LogP contribution >= 0.6 is 11.6 Å². The zero-order chi connectivity index (χ0) is 16.4. The molecule has 0 saturated carbocycles. The third kappa shape index (κ3) is 3.39. The number of benzene rings is 2. The zero-order valence-electron chi connectivity index (χ0n) is 13.3. The van der Waals surface area contributed by atoms with E-state index in [0.29, 0.717) is 18.1 Å². The van der Waals surface area contributed by atoms with E-state index in [0.717, 1.165) is 22.4 Å². The van der Waals surface area contributed by atoms with Gasteiger partial charge in [-0.25, -0.2) is 4.98 Å². The van der Waals surface area contributed by atoms with Gasteiger partial charge in [0.25, 0.3) is 0 Å². The zero-order valence-corrected chi connectivity index (χ0v) is 14.0. The second-order valence-electron chi connectivity index (χ2n) is 5.81. The van der Waals surface area contributed by atoms with Gasteiger partial charge in [0.1, 0.15) is 5.82 Å². The molecule has 0 saturated heterocycles. The van der Waals surface area contributed by atoms with Crippen molar-refractivity contribution in [1.82, 2.24) is 14.5 Å². The van der Waals surface area contributed by atoms with Crippen LogP contribution in [0.1, 0.15) is 17.5 Å². The lowest BCUT2D eigenvalue weighted by Crippen LogP contribution is -2.25. The number of imidazole rings is 1. The summed E-state index contributed by atoms with van der Waals surface area (Å²) >= 11 is 6.15. The minimum Gasteiger partial charge on any atom is -0.387 e. The van der Waals surface area contributed by atoms with Crippen LogP contribution in [-0.2, 0) is 13.6 Å². The maximum absolute atomic E-state index is 10.4. The number of aliphatic hydroxyl groups excluding tert-OH is 1. The molecule has 4 nitrogen and oxygen atoms in total. The predicted molar refractivity (Wildman–Crippen MR) is 93.5 cm³/mol. The molecule has 23 heavy (non-hydrogen) atoms. The normalized spacial score (nSPS) is 12.9. The summed E-state index contributed by atoms with van der Waals surface area (Å²) in [5.41, 5.74) is 2.86. The molecule has 0 bridgehead atoms. The molecule has 0 aliphatic heterocycles. The Kier molecular flexibility index (Phi) is 4.66. The van der Waals surface area contributed by atoms with Gasteiger partial charge < -0.3 is 9.67 Å². The van der Waals surface area contributed by atoms with Crippen LogP contribution in [0.15, 0.2) is 48.5 Å². The van der Waals surface area contributed by atoms with Gasteiger partial charge in [-0.15, -0.1) is 0 Å². The van der Waals surface area contributed by atoms with Gasteiger partial charge in [0.15, 0.2) is 0 Å². The van der Waals surface area contributed by atoms with E-state index >= 15 is 0 Å². The molecule has 1 unspecified atom stereocenters. The van der Waals surface area contributed by atoms with Gasteiger partial charge in [-0.1, -0.05) is 41.9 Å². The third-order valence-electron chi connectivity index (χ3n) is 4.04. The first-order chi connectivity index (χ1) is 11.1. The summed E-state index contributed by atoms with van der Waals surface area (Å²) in [5, 5.41) is 11.0. The highest BCUT2D eigenvalue weighted by atomic mass is 35.5. The summed E-state index contributed by atoms with van der Waals surface area (Å²) in [7, 11) is 3.99. The van der Waals surface area contributed by atoms with Gasteiger partial charge in [0.2, 0.25) is 0 Å². The van der Waals surface area contributed by atoms with Gasteiger partial charge in [-0.05, 0) is 25.2 Å². The van der Waals surface area contributed by atoms with E-state index < -0.39 is 6.10 Å². The third-order valence-corrected chi connectivity index (χ3v) is 4.38. The van der Waals surface area contributed by atoms with Gasteiger partial charge in [0.05, 0.1) is 23.7 Å². The quantitative estimate of drug-likeness (QED) is 0.780. The Morgan fingerprint density at radius 3 is 2.61 bits per heavy atom. The fraction of sp³-hybridized carbons (Fsp3) is 0.278. The number of likely N-dealkylation sites (N-methyl/N-ethyl adjacent to an activating group) is 1. The van der Waals surface area contributed by atoms with Crippen LogP contribution in [0.25, 0.3) is 11.0 Å². The summed E-state index contributed by atoms with van der Waals surface area (Å²) in [6.45, 7) is 1.15. The number of halogens is 1. The molecule has 0 radical (unpaired) electrons. The fourth-order valence-electron chi connectivity index (χ4n) is 2.78. The smallest absolute Gasteiger partial charge is 0.123 e. The molecule has 0 amide bonds. The number of aryl methyl sites for hydroxylation is 1. The molecule has 3 aromatic rings. The highest BCUT2D eigenvalue weighted by molar-refractivity contribution is 6.31. The van der Waals surface area contributed by atoms with Crippen molar-refractivity contribution in [3.05, 3.63) is 64.9 Å². The first-order valence-electron chi connectivity index (χ1n) is 7.57. The number of aromatic nitrogens is 2. The van der Waals surface area contributed by atoms with Crippen molar-refractivity contribution in [1.29, 1.82) is 0 Å². The standard InChI is InChI=1S/C18H20ClN3O/c1-21(11-17(23)13-7-3-4-8-14(13)19)12-18-20-15-9-5-6-10-16(15)22(18)2/h3-10,17,23H,11-12H2,1-2H3. The van der Waals surface area contributed by atoms with Crippen LogP contribution in [-0.4, -0.2) is 33.1 Å². The van der Waals surface area contributed by atoms with Crippen LogP contribution in [0.3, 0.4) is 0 Å². The molecule has 1 atom stereocenters. The first-order valence-corrected chi connectivity index (χ1v) is 7.95. The molecule has 1 aromatic heterocycles. The van der Waals surface area contributed by atoms with E-state index in [9.17, 15) is 5.11 Å². The summed E-state index contributed by atoms with van der Waals surface area (Å²) in [6.07, 6.45) is -0.622. The molecule has 5 heteroatoms. The van der Waals surface area contributed by atoms with Crippen molar-refractivity contribution in [2.45, 2.75) is 12.6 Å². The summed E-state index contributed by atoms with van der Waals surface area (Å²) in [6, 6.07) is 15.5. The minimum absolute atomic E-state index is 0.493. The van der Waals surface area contributed by atoms with Crippen LogP contribution in [0.2, 0.25) is 5.02 Å². The van der Waals surface area contributed by atoms with Crippen molar-refractivity contribution < 1.29 is 5.11 Å². The van der Waals surface area contributed by atoms with Gasteiger partial charge in [0, 0.05) is 24.2 Å². The van der Waals surface area contributed by atoms with Crippen LogP contribution in [0.5, 0.6) is 0 Å². The minimum atomic E-state index is -0.622. The Labute approximate surface area is 140 Å². The summed E-state index contributed by atoms with van der Waals surface area (Å²) in [5.74, 6) is 0.972. The molecule has 0 fully saturated rings. The number of rotatable bonds is 5. The van der Waals surface area contributed by atoms with E-state index in [1.54, 1.807) is 6.07 Å². The lowest BCUT2D eigenvalue weighted by Gasteiger charge is -2.21. The lowest BCUT2D eigenvalue weighted by molar-refractivity contribution is 0.122. The van der Waals surface area contributed by atoms with E-state index in [4.69, 9.17) is 11.6 Å². The number of nitrogens with zero attached hydrogens (tertiary/aromatic N) is 3. The van der Waals surface area contributed by atoms with Crippen LogP contribution in [0, 0.1) is 0 Å². The Morgan fingerprint density at radius 1 is 1.17 bits per heavy atom. The van der Waals surface area contributed by atoms with Crippen molar-refractivity contribution in [3.8, 4) is 0 Å². The predicted octanol–water partition coefficient (Wildman–Crippen LogP) is 3.39. The second-order valence-corrected chi connectivity index (χ2v) is 6.22. The monoisotopic (exact) mass is 329 g/mol. The molecule has 120 valence electrons. The number of hydrogen-bond donors (Lipinski definition) is 1. The van der Waals surface area contributed by atoms with E-state index in [-0.39, 0.29) is 0 Å². The first kappa shape index (κ1) is 16.0. The van der Waals surface area contributed by atoms with E-state index in [2.05, 4.69) is 20.5 Å². The molecular weight excluding hydrogens is 310 g/mol. The fourth-order valence-corrected chi connectivity index (χ4v) is 3.04. The second kappa shape index (κ2) is 6.71. The van der Waals surface area contributed by atoms with Crippen LogP contribution in [0.4, 0.5) is 0 Å². The van der Waals surface area contributed by atoms with Gasteiger partial charge >= 0.3 is 0 Å². The molecule has 1 N–H and O–H groups in total. The Morgan fingerprint density at radius 2 is 1.87 bits per heavy atom. The molecular formula is C18H20ClN3O. The SMILES string of the molecule is CN(Cc1nc2ccccc2n1C)CC(O)c1ccccc1Cl. The van der Waals surface area contributed by atoms with Crippen molar-refractivity contribution in [2.24, 2.45) is 7.05 Å². The molecule has 1 heterocycles. The van der Waals surface area contributed by atoms with Crippen molar-refractivity contribution in [2.75, 3.05) is 13.6 Å². The van der Waals surface area contributed by atoms with E-state index in [1.165, 1.54) is 0 Å². The number of fused-ring (bicyclic) bond motifs is 1. The Bertz CT molecular complexity index is 815. The summed E-state index contributed by atoms with van der Waals surface area (Å²) < 4.78 is 2.09. The number of para-hydroxylation sites is 2. The van der Waals surface area contributed by atoms with Crippen molar-refractivity contribution in [3.63, 3.8) is 0 Å². The maximum Gasteiger partial charge on any atom is 0.123 e. The average Bonchev–Trinajstić information content (AvgIpc) is 2.84. The lowest BCUT2D eigenvalue weighted by atomic mass is 10.1. The Balaban J connectivity index is 1.72. The largest absolute Gasteiger partial charge is 0.387 e. The molecule has 0 spiro atoms. The van der Waals surface area contributed by atoms with E-state index in [1.807, 2.05) is 50.5 Å². The van der Waals surface area contributed by atoms with Crippen molar-refractivity contribution >= 4 is 22.6 Å². The molecule has 0 aliphatic carbocycles. The summed E-state index contributed by atoms with van der Waals surface area (Å²) in [4.78, 5) is 6.71. The van der Waals surface area contributed by atoms with Crippen LogP contribution < -0.4 is 0 Å². The van der Waals surface area contributed by atoms with Gasteiger partial charge in [-0.2, -0.15) is 0 Å². The highest BCUT2D eigenvalue weighted by Crippen LogP contribution is 2.23. The topological polar surface area (TPSA) is 41.3 Å². The Hall–Kier alpha value is -1.88. The maximum atomic E-state index is 10.4. The number of hydrogen-bond acceptors (Lipinski definition) is 3. The average molecular weight is 330 g/mol. The molecule has 0 aliphatic rings. The highest BCUT2D eigenvalue weighted by Gasteiger charge is 2.15. The molecule has 2 aromatic carbocycles.